The van der Waals surface area contributed by atoms with Gasteiger partial charge in [-0.15, -0.1) is 0 Å². The summed E-state index contributed by atoms with van der Waals surface area (Å²) in [7, 11) is 3.42. The number of nitrogens with zero attached hydrogens (tertiary/aromatic N) is 2. The first-order valence-electron chi connectivity index (χ1n) is 8.43. The molecule has 0 fully saturated rings. The number of carbonyl (C=O) groups is 1. The monoisotopic (exact) mass is 372 g/mol. The van der Waals surface area contributed by atoms with Gasteiger partial charge in [-0.3, -0.25) is 9.69 Å². The van der Waals surface area contributed by atoms with Crippen LogP contribution in [0.2, 0.25) is 0 Å². The molecule has 1 amide bonds. The van der Waals surface area contributed by atoms with Crippen molar-refractivity contribution in [2.24, 2.45) is 0 Å². The second kappa shape index (κ2) is 8.61. The predicted molar refractivity (Wildman–Crippen MR) is 101 cm³/mol. The average Bonchev–Trinajstić information content (AvgIpc) is 3.12. The number of rotatable bonds is 8. The summed E-state index contributed by atoms with van der Waals surface area (Å²) in [5.74, 6) is -0.235. The van der Waals surface area contributed by atoms with E-state index < -0.39 is 5.82 Å². The fourth-order valence-electron chi connectivity index (χ4n) is 2.58. The van der Waals surface area contributed by atoms with Crippen molar-refractivity contribution >= 4 is 22.6 Å². The molecule has 142 valence electrons. The summed E-state index contributed by atoms with van der Waals surface area (Å²) >= 11 is 0. The van der Waals surface area contributed by atoms with Crippen molar-refractivity contribution < 1.29 is 18.7 Å². The highest BCUT2D eigenvalue weighted by Crippen LogP contribution is 2.30. The summed E-state index contributed by atoms with van der Waals surface area (Å²) in [6.45, 7) is 1.35. The third-order valence-electron chi connectivity index (χ3n) is 3.95. The van der Waals surface area contributed by atoms with Gasteiger partial charge in [-0.25, -0.2) is 9.37 Å². The van der Waals surface area contributed by atoms with Gasteiger partial charge in [0, 0.05) is 37.8 Å². The lowest BCUT2D eigenvalue weighted by Gasteiger charge is -2.16. The maximum absolute atomic E-state index is 14.4. The SMILES string of the molecule is COCCN(C)CC(=O)Nc1ccc(Oc2ccnc3[nH]ccc23)c(F)c1. The fraction of sp³-hybridized carbons (Fsp3) is 0.263. The first-order chi connectivity index (χ1) is 13.1. The normalized spacial score (nSPS) is 11.1. The zero-order valence-electron chi connectivity index (χ0n) is 15.2. The molecule has 7 nitrogen and oxygen atoms in total. The summed E-state index contributed by atoms with van der Waals surface area (Å²) in [4.78, 5) is 21.0. The van der Waals surface area contributed by atoms with E-state index in [1.165, 1.54) is 12.1 Å². The Morgan fingerprint density at radius 3 is 2.93 bits per heavy atom. The number of aromatic amines is 1. The maximum atomic E-state index is 14.4. The summed E-state index contributed by atoms with van der Waals surface area (Å²) in [6, 6.07) is 7.79. The molecule has 0 aliphatic carbocycles. The van der Waals surface area contributed by atoms with Gasteiger partial charge in [0.1, 0.15) is 11.4 Å². The molecule has 3 aromatic rings. The van der Waals surface area contributed by atoms with Gasteiger partial charge in [0.2, 0.25) is 5.91 Å². The van der Waals surface area contributed by atoms with Crippen LogP contribution in [0.4, 0.5) is 10.1 Å². The summed E-state index contributed by atoms with van der Waals surface area (Å²) in [5, 5.41) is 3.43. The molecule has 2 aromatic heterocycles. The van der Waals surface area contributed by atoms with E-state index in [9.17, 15) is 9.18 Å². The molecule has 0 aliphatic rings. The van der Waals surface area contributed by atoms with Crippen molar-refractivity contribution in [3.05, 3.63) is 48.5 Å². The lowest BCUT2D eigenvalue weighted by atomic mass is 10.2. The summed E-state index contributed by atoms with van der Waals surface area (Å²) in [6.07, 6.45) is 3.32. The number of nitrogens with one attached hydrogen (secondary N) is 2. The van der Waals surface area contributed by atoms with Crippen molar-refractivity contribution in [3.63, 3.8) is 0 Å². The van der Waals surface area contributed by atoms with Gasteiger partial charge in [0.15, 0.2) is 11.6 Å². The third-order valence-corrected chi connectivity index (χ3v) is 3.95. The Bertz CT molecular complexity index is 928. The Kier molecular flexibility index (Phi) is 6.00. The Hall–Kier alpha value is -2.97. The molecule has 27 heavy (non-hydrogen) atoms. The van der Waals surface area contributed by atoms with Gasteiger partial charge in [0.05, 0.1) is 18.5 Å². The molecule has 0 atom stereocenters. The lowest BCUT2D eigenvalue weighted by Crippen LogP contribution is -2.32. The van der Waals surface area contributed by atoms with Gasteiger partial charge in [-0.1, -0.05) is 0 Å². The van der Waals surface area contributed by atoms with Gasteiger partial charge in [-0.05, 0) is 31.3 Å². The molecule has 2 heterocycles. The minimum absolute atomic E-state index is 0.0684. The molecule has 2 N–H and O–H groups in total. The number of amides is 1. The molecular weight excluding hydrogens is 351 g/mol. The third kappa shape index (κ3) is 4.81. The molecule has 3 rings (SSSR count). The number of ether oxygens (including phenoxy) is 2. The number of hydrogen-bond acceptors (Lipinski definition) is 5. The number of anilines is 1. The summed E-state index contributed by atoms with van der Waals surface area (Å²) in [5.41, 5.74) is 1.03. The summed E-state index contributed by atoms with van der Waals surface area (Å²) < 4.78 is 25.1. The second-order valence-corrected chi connectivity index (χ2v) is 6.08. The number of aromatic nitrogens is 2. The maximum Gasteiger partial charge on any atom is 0.238 e. The number of H-pyrrole nitrogens is 1. The van der Waals surface area contributed by atoms with Crippen LogP contribution in [0.1, 0.15) is 0 Å². The molecule has 0 saturated heterocycles. The second-order valence-electron chi connectivity index (χ2n) is 6.08. The van der Waals surface area contributed by atoms with Crippen LogP contribution in [0.25, 0.3) is 11.0 Å². The van der Waals surface area contributed by atoms with Gasteiger partial charge in [0.25, 0.3) is 0 Å². The lowest BCUT2D eigenvalue weighted by molar-refractivity contribution is -0.117. The largest absolute Gasteiger partial charge is 0.453 e. The van der Waals surface area contributed by atoms with Crippen molar-refractivity contribution in [1.29, 1.82) is 0 Å². The molecule has 1 aromatic carbocycles. The van der Waals surface area contributed by atoms with E-state index in [1.54, 1.807) is 31.6 Å². The quantitative estimate of drug-likeness (QED) is 0.635. The zero-order chi connectivity index (χ0) is 19.2. The number of hydrogen-bond donors (Lipinski definition) is 2. The van der Waals surface area contributed by atoms with Crippen LogP contribution in [0, 0.1) is 5.82 Å². The Morgan fingerprint density at radius 2 is 2.15 bits per heavy atom. The zero-order valence-corrected chi connectivity index (χ0v) is 15.2. The molecular formula is C19H21FN4O3. The highest BCUT2D eigenvalue weighted by atomic mass is 19.1. The van der Waals surface area contributed by atoms with E-state index >= 15 is 0 Å². The Balaban J connectivity index is 1.65. The predicted octanol–water partition coefficient (Wildman–Crippen LogP) is 3.01. The minimum Gasteiger partial charge on any atom is -0.453 e. The number of carbonyl (C=O) groups excluding carboxylic acids is 1. The molecule has 0 saturated carbocycles. The number of fused-ring (bicyclic) bond motifs is 1. The average molecular weight is 372 g/mol. The van der Waals surface area contributed by atoms with Gasteiger partial charge >= 0.3 is 0 Å². The molecule has 0 aliphatic heterocycles. The van der Waals surface area contributed by atoms with Crippen LogP contribution in [-0.4, -0.2) is 54.6 Å². The van der Waals surface area contributed by atoms with Crippen molar-refractivity contribution in [2.45, 2.75) is 0 Å². The number of likely N-dealkylation sites (N-methyl/N-ethyl adjacent to an activating group) is 1. The van der Waals surface area contributed by atoms with Crippen molar-refractivity contribution in [1.82, 2.24) is 14.9 Å². The topological polar surface area (TPSA) is 79.5 Å². The first-order valence-corrected chi connectivity index (χ1v) is 8.43. The highest BCUT2D eigenvalue weighted by Gasteiger charge is 2.12. The van der Waals surface area contributed by atoms with E-state index in [-0.39, 0.29) is 18.2 Å². The number of benzene rings is 1. The Morgan fingerprint density at radius 1 is 1.30 bits per heavy atom. The van der Waals surface area contributed by atoms with Crippen molar-refractivity contribution in [3.8, 4) is 11.5 Å². The van der Waals surface area contributed by atoms with E-state index in [0.29, 0.717) is 30.2 Å². The van der Waals surface area contributed by atoms with Gasteiger partial charge in [-0.2, -0.15) is 0 Å². The van der Waals surface area contributed by atoms with Crippen LogP contribution in [-0.2, 0) is 9.53 Å². The van der Waals surface area contributed by atoms with Gasteiger partial charge < -0.3 is 19.8 Å². The van der Waals surface area contributed by atoms with E-state index in [2.05, 4.69) is 15.3 Å². The fourth-order valence-corrected chi connectivity index (χ4v) is 2.58. The van der Waals surface area contributed by atoms with Crippen LogP contribution in [0.15, 0.2) is 42.7 Å². The smallest absolute Gasteiger partial charge is 0.238 e. The van der Waals surface area contributed by atoms with E-state index in [4.69, 9.17) is 9.47 Å². The number of halogens is 1. The Labute approximate surface area is 156 Å². The number of methoxy groups -OCH3 is 1. The molecule has 0 unspecified atom stereocenters. The van der Waals surface area contributed by atoms with Crippen LogP contribution >= 0.6 is 0 Å². The van der Waals surface area contributed by atoms with Crippen LogP contribution in [0.3, 0.4) is 0 Å². The first kappa shape index (κ1) is 18.8. The number of pyridine rings is 1. The van der Waals surface area contributed by atoms with Crippen LogP contribution < -0.4 is 10.1 Å². The van der Waals surface area contributed by atoms with Crippen LogP contribution in [0.5, 0.6) is 11.5 Å². The molecule has 0 bridgehead atoms. The minimum atomic E-state index is -0.568. The van der Waals surface area contributed by atoms with E-state index in [0.717, 1.165) is 5.39 Å². The molecule has 8 heteroatoms. The van der Waals surface area contributed by atoms with E-state index in [1.807, 2.05) is 18.0 Å². The molecule has 0 spiro atoms. The molecule has 0 radical (unpaired) electrons. The van der Waals surface area contributed by atoms with Crippen molar-refractivity contribution in [2.75, 3.05) is 39.2 Å². The standard InChI is InChI=1S/C19H21FN4O3/c1-24(9-10-26-2)12-18(25)23-13-3-4-17(15(20)11-13)27-16-6-8-22-19-14(16)5-7-21-19/h3-8,11H,9-10,12H2,1-2H3,(H,21,22)(H,23,25). The highest BCUT2D eigenvalue weighted by molar-refractivity contribution is 5.92.